The first-order chi connectivity index (χ1) is 10.7. The van der Waals surface area contributed by atoms with Crippen LogP contribution in [0.15, 0.2) is 41.8 Å². The predicted molar refractivity (Wildman–Crippen MR) is 84.3 cm³/mol. The molecule has 5 heteroatoms. The lowest BCUT2D eigenvalue weighted by Gasteiger charge is -2.24. The van der Waals surface area contributed by atoms with E-state index >= 15 is 0 Å². The molecule has 0 saturated carbocycles. The second-order valence-corrected chi connectivity index (χ2v) is 6.44. The monoisotopic (exact) mass is 319 g/mol. The lowest BCUT2D eigenvalue weighted by atomic mass is 9.99. The summed E-state index contributed by atoms with van der Waals surface area (Å²) in [7, 11) is 0. The van der Waals surface area contributed by atoms with Crippen molar-refractivity contribution in [3.8, 4) is 0 Å². The van der Waals surface area contributed by atoms with Gasteiger partial charge in [-0.05, 0) is 42.0 Å². The zero-order valence-corrected chi connectivity index (χ0v) is 12.9. The Morgan fingerprint density at radius 1 is 1.36 bits per heavy atom. The topological polar surface area (TPSA) is 38.3 Å². The number of rotatable bonds is 5. The van der Waals surface area contributed by atoms with E-state index in [-0.39, 0.29) is 23.9 Å². The van der Waals surface area contributed by atoms with Crippen LogP contribution in [0, 0.1) is 5.82 Å². The van der Waals surface area contributed by atoms with Crippen LogP contribution in [-0.4, -0.2) is 18.6 Å². The number of thiophene rings is 1. The Bertz CT molecular complexity index is 606. The van der Waals surface area contributed by atoms with Crippen LogP contribution in [0.2, 0.25) is 0 Å². The van der Waals surface area contributed by atoms with E-state index in [1.54, 1.807) is 23.5 Å². The van der Waals surface area contributed by atoms with Crippen LogP contribution in [0.1, 0.15) is 29.3 Å². The standard InChI is InChI=1S/C17H18FNO2S/c18-13-7-5-12(6-8-13)17(15-4-1-9-21-15)19-16(20)11-14-3-2-10-22-14/h2-3,5-8,10,15,17H,1,4,9,11H2,(H,19,20)/t15-,17-/m1/s1. The van der Waals surface area contributed by atoms with Gasteiger partial charge in [0, 0.05) is 11.5 Å². The highest BCUT2D eigenvalue weighted by molar-refractivity contribution is 7.10. The van der Waals surface area contributed by atoms with Crippen LogP contribution in [0.25, 0.3) is 0 Å². The lowest BCUT2D eigenvalue weighted by molar-refractivity contribution is -0.122. The van der Waals surface area contributed by atoms with E-state index in [1.807, 2.05) is 17.5 Å². The third-order valence-corrected chi connectivity index (χ3v) is 4.67. The predicted octanol–water partition coefficient (Wildman–Crippen LogP) is 3.47. The fourth-order valence-electron chi connectivity index (χ4n) is 2.72. The molecule has 1 N–H and O–H groups in total. The van der Waals surface area contributed by atoms with Gasteiger partial charge in [0.05, 0.1) is 18.6 Å². The highest BCUT2D eigenvalue weighted by Crippen LogP contribution is 2.27. The summed E-state index contributed by atoms with van der Waals surface area (Å²) < 4.78 is 18.9. The van der Waals surface area contributed by atoms with E-state index in [0.717, 1.165) is 23.3 Å². The Kier molecular flexibility index (Phi) is 4.85. The molecule has 2 heterocycles. The first-order valence-corrected chi connectivity index (χ1v) is 8.29. The van der Waals surface area contributed by atoms with Crippen LogP contribution in [0.3, 0.4) is 0 Å². The lowest BCUT2D eigenvalue weighted by Crippen LogP contribution is -2.36. The maximum atomic E-state index is 13.1. The van der Waals surface area contributed by atoms with Gasteiger partial charge in [0.15, 0.2) is 0 Å². The molecule has 0 radical (unpaired) electrons. The molecule has 1 aliphatic heterocycles. The van der Waals surface area contributed by atoms with Gasteiger partial charge in [0.25, 0.3) is 0 Å². The summed E-state index contributed by atoms with van der Waals surface area (Å²) >= 11 is 1.57. The van der Waals surface area contributed by atoms with Crippen molar-refractivity contribution in [3.05, 3.63) is 58.0 Å². The first-order valence-electron chi connectivity index (χ1n) is 7.41. The van der Waals surface area contributed by atoms with Gasteiger partial charge in [-0.15, -0.1) is 11.3 Å². The van der Waals surface area contributed by atoms with Crippen LogP contribution in [0.4, 0.5) is 4.39 Å². The normalized spacial score (nSPS) is 19.0. The molecule has 1 aromatic heterocycles. The minimum Gasteiger partial charge on any atom is -0.376 e. The Balaban J connectivity index is 1.73. The number of nitrogens with one attached hydrogen (secondary N) is 1. The molecule has 1 aromatic carbocycles. The molecule has 2 aromatic rings. The van der Waals surface area contributed by atoms with Gasteiger partial charge >= 0.3 is 0 Å². The van der Waals surface area contributed by atoms with Crippen molar-refractivity contribution in [1.82, 2.24) is 5.32 Å². The second kappa shape index (κ2) is 7.03. The molecular formula is C17H18FNO2S. The third kappa shape index (κ3) is 3.72. The summed E-state index contributed by atoms with van der Waals surface area (Å²) in [6, 6.07) is 9.93. The van der Waals surface area contributed by atoms with Crippen LogP contribution in [0.5, 0.6) is 0 Å². The van der Waals surface area contributed by atoms with E-state index in [4.69, 9.17) is 4.74 Å². The zero-order valence-electron chi connectivity index (χ0n) is 12.1. The highest BCUT2D eigenvalue weighted by atomic mass is 32.1. The van der Waals surface area contributed by atoms with Gasteiger partial charge in [0.2, 0.25) is 5.91 Å². The van der Waals surface area contributed by atoms with Gasteiger partial charge in [-0.25, -0.2) is 4.39 Å². The highest BCUT2D eigenvalue weighted by Gasteiger charge is 2.28. The minimum absolute atomic E-state index is 0.0349. The summed E-state index contributed by atoms with van der Waals surface area (Å²) in [5.41, 5.74) is 0.882. The van der Waals surface area contributed by atoms with Gasteiger partial charge in [-0.3, -0.25) is 4.79 Å². The Hall–Kier alpha value is -1.72. The third-order valence-electron chi connectivity index (χ3n) is 3.80. The summed E-state index contributed by atoms with van der Waals surface area (Å²) in [5, 5.41) is 5.01. The molecule has 0 bridgehead atoms. The molecule has 1 amide bonds. The number of hydrogen-bond donors (Lipinski definition) is 1. The molecule has 116 valence electrons. The van der Waals surface area contributed by atoms with Crippen molar-refractivity contribution in [2.45, 2.75) is 31.4 Å². The van der Waals surface area contributed by atoms with Crippen molar-refractivity contribution in [3.63, 3.8) is 0 Å². The van der Waals surface area contributed by atoms with Crippen molar-refractivity contribution < 1.29 is 13.9 Å². The Morgan fingerprint density at radius 3 is 2.82 bits per heavy atom. The van der Waals surface area contributed by atoms with Gasteiger partial charge < -0.3 is 10.1 Å². The Labute approximate surface area is 133 Å². The van der Waals surface area contributed by atoms with Crippen LogP contribution in [-0.2, 0) is 16.0 Å². The summed E-state index contributed by atoms with van der Waals surface area (Å²) in [5.74, 6) is -0.313. The quantitative estimate of drug-likeness (QED) is 0.916. The minimum atomic E-state index is -0.278. The van der Waals surface area contributed by atoms with Gasteiger partial charge in [0.1, 0.15) is 5.82 Å². The molecule has 3 nitrogen and oxygen atoms in total. The zero-order chi connectivity index (χ0) is 15.4. The Morgan fingerprint density at radius 2 is 2.18 bits per heavy atom. The SMILES string of the molecule is O=C(Cc1cccs1)N[C@H](c1ccc(F)cc1)[C@H]1CCCO1. The number of hydrogen-bond acceptors (Lipinski definition) is 3. The van der Waals surface area contributed by atoms with E-state index in [1.165, 1.54) is 12.1 Å². The van der Waals surface area contributed by atoms with Crippen molar-refractivity contribution in [1.29, 1.82) is 0 Å². The smallest absolute Gasteiger partial charge is 0.225 e. The summed E-state index contributed by atoms with van der Waals surface area (Å²) in [6.07, 6.45) is 2.21. The largest absolute Gasteiger partial charge is 0.376 e. The molecule has 1 saturated heterocycles. The average molecular weight is 319 g/mol. The fourth-order valence-corrected chi connectivity index (χ4v) is 3.43. The summed E-state index contributed by atoms with van der Waals surface area (Å²) in [6.45, 7) is 0.711. The van der Waals surface area contributed by atoms with E-state index in [0.29, 0.717) is 13.0 Å². The maximum absolute atomic E-state index is 13.1. The fraction of sp³-hybridized carbons (Fsp3) is 0.353. The van der Waals surface area contributed by atoms with Crippen molar-refractivity contribution in [2.75, 3.05) is 6.61 Å². The molecule has 0 aliphatic carbocycles. The number of halogens is 1. The molecule has 0 spiro atoms. The number of amides is 1. The number of carbonyl (C=O) groups excluding carboxylic acids is 1. The average Bonchev–Trinajstić information content (AvgIpc) is 3.19. The molecule has 0 unspecified atom stereocenters. The van der Waals surface area contributed by atoms with E-state index in [9.17, 15) is 9.18 Å². The van der Waals surface area contributed by atoms with E-state index in [2.05, 4.69) is 5.32 Å². The van der Waals surface area contributed by atoms with E-state index < -0.39 is 0 Å². The van der Waals surface area contributed by atoms with Crippen LogP contribution < -0.4 is 5.32 Å². The van der Waals surface area contributed by atoms with Gasteiger partial charge in [-0.1, -0.05) is 18.2 Å². The first kappa shape index (κ1) is 15.2. The number of benzene rings is 1. The molecule has 22 heavy (non-hydrogen) atoms. The molecular weight excluding hydrogens is 301 g/mol. The summed E-state index contributed by atoms with van der Waals surface area (Å²) in [4.78, 5) is 13.3. The van der Waals surface area contributed by atoms with Crippen LogP contribution >= 0.6 is 11.3 Å². The molecule has 1 aliphatic rings. The number of ether oxygens (including phenoxy) is 1. The number of carbonyl (C=O) groups is 1. The molecule has 3 rings (SSSR count). The van der Waals surface area contributed by atoms with Crippen molar-refractivity contribution >= 4 is 17.2 Å². The maximum Gasteiger partial charge on any atom is 0.225 e. The molecule has 2 atom stereocenters. The second-order valence-electron chi connectivity index (χ2n) is 5.40. The molecule has 1 fully saturated rings. The van der Waals surface area contributed by atoms with Gasteiger partial charge in [-0.2, -0.15) is 0 Å². The van der Waals surface area contributed by atoms with Crippen molar-refractivity contribution in [2.24, 2.45) is 0 Å².